The van der Waals surface area contributed by atoms with E-state index in [1.165, 1.54) is 6.20 Å². The first-order valence-corrected chi connectivity index (χ1v) is 9.95. The van der Waals surface area contributed by atoms with Crippen LogP contribution in [0.4, 0.5) is 5.69 Å². The van der Waals surface area contributed by atoms with Gasteiger partial charge in [-0.2, -0.15) is 0 Å². The van der Waals surface area contributed by atoms with E-state index in [1.807, 2.05) is 32.0 Å². The predicted octanol–water partition coefficient (Wildman–Crippen LogP) is 4.97. The second kappa shape index (κ2) is 10.1. The standard InChI is InChI=1S/C23H30N2O5/c1-15(2)28-18-8-7-9-19(13-18)29-20-11-10-17(14-24-20)25-22(27)16(3)12-21(26)30-23(4,5)6/h7-11,13-16H,12H2,1-6H3,(H,25,27)/t16-/m0/s1. The Kier molecular flexibility index (Phi) is 7.80. The maximum atomic E-state index is 12.3. The summed E-state index contributed by atoms with van der Waals surface area (Å²) >= 11 is 0. The Morgan fingerprint density at radius 1 is 1.07 bits per heavy atom. The minimum Gasteiger partial charge on any atom is -0.491 e. The van der Waals surface area contributed by atoms with Crippen molar-refractivity contribution in [2.45, 2.75) is 59.7 Å². The summed E-state index contributed by atoms with van der Waals surface area (Å²) in [6.07, 6.45) is 1.58. The lowest BCUT2D eigenvalue weighted by molar-refractivity contribution is -0.156. The number of aromatic nitrogens is 1. The fourth-order valence-corrected chi connectivity index (χ4v) is 2.51. The van der Waals surface area contributed by atoms with E-state index in [9.17, 15) is 9.59 Å². The van der Waals surface area contributed by atoms with Crippen molar-refractivity contribution in [3.05, 3.63) is 42.6 Å². The van der Waals surface area contributed by atoms with Crippen molar-refractivity contribution in [1.29, 1.82) is 0 Å². The molecule has 0 saturated carbocycles. The first kappa shape index (κ1) is 23.2. The Balaban J connectivity index is 1.91. The summed E-state index contributed by atoms with van der Waals surface area (Å²) < 4.78 is 16.6. The van der Waals surface area contributed by atoms with Gasteiger partial charge in [0, 0.05) is 18.1 Å². The molecule has 0 radical (unpaired) electrons. The van der Waals surface area contributed by atoms with Crippen LogP contribution in [0, 0.1) is 5.92 Å². The van der Waals surface area contributed by atoms with Crippen molar-refractivity contribution in [2.75, 3.05) is 5.32 Å². The highest BCUT2D eigenvalue weighted by Crippen LogP contribution is 2.25. The molecule has 0 spiro atoms. The summed E-state index contributed by atoms with van der Waals surface area (Å²) in [5.41, 5.74) is -0.0618. The van der Waals surface area contributed by atoms with Gasteiger partial charge >= 0.3 is 5.97 Å². The summed E-state index contributed by atoms with van der Waals surface area (Å²) in [4.78, 5) is 28.4. The van der Waals surface area contributed by atoms with Crippen LogP contribution in [0.3, 0.4) is 0 Å². The molecule has 0 aliphatic heterocycles. The van der Waals surface area contributed by atoms with E-state index >= 15 is 0 Å². The molecule has 30 heavy (non-hydrogen) atoms. The van der Waals surface area contributed by atoms with Gasteiger partial charge in [-0.3, -0.25) is 9.59 Å². The molecule has 7 heteroatoms. The molecular weight excluding hydrogens is 384 g/mol. The van der Waals surface area contributed by atoms with Crippen molar-refractivity contribution in [1.82, 2.24) is 4.98 Å². The SMILES string of the molecule is CC(C)Oc1cccc(Oc2ccc(NC(=O)[C@@H](C)CC(=O)OC(C)(C)C)cn2)c1. The van der Waals surface area contributed by atoms with Crippen molar-refractivity contribution in [2.24, 2.45) is 5.92 Å². The van der Waals surface area contributed by atoms with E-state index in [4.69, 9.17) is 14.2 Å². The zero-order valence-electron chi connectivity index (χ0n) is 18.4. The van der Waals surface area contributed by atoms with Crippen LogP contribution < -0.4 is 14.8 Å². The number of nitrogens with zero attached hydrogens (tertiary/aromatic N) is 1. The number of amides is 1. The normalized spacial score (nSPS) is 12.2. The molecule has 7 nitrogen and oxygen atoms in total. The highest BCUT2D eigenvalue weighted by Gasteiger charge is 2.22. The van der Waals surface area contributed by atoms with Crippen LogP contribution in [-0.4, -0.2) is 28.6 Å². The summed E-state index contributed by atoms with van der Waals surface area (Å²) in [6, 6.07) is 10.6. The largest absolute Gasteiger partial charge is 0.491 e. The molecule has 0 fully saturated rings. The molecule has 0 aliphatic rings. The quantitative estimate of drug-likeness (QED) is 0.614. The van der Waals surface area contributed by atoms with Crippen molar-refractivity contribution >= 4 is 17.6 Å². The fourth-order valence-electron chi connectivity index (χ4n) is 2.51. The molecule has 1 atom stereocenters. The van der Waals surface area contributed by atoms with E-state index in [1.54, 1.807) is 45.9 Å². The summed E-state index contributed by atoms with van der Waals surface area (Å²) in [5.74, 6) is 0.482. The molecule has 0 saturated heterocycles. The van der Waals surface area contributed by atoms with E-state index in [-0.39, 0.29) is 18.4 Å². The first-order valence-electron chi connectivity index (χ1n) is 9.95. The second-order valence-corrected chi connectivity index (χ2v) is 8.31. The van der Waals surface area contributed by atoms with Gasteiger partial charge in [-0.1, -0.05) is 13.0 Å². The molecule has 1 aromatic heterocycles. The molecule has 1 amide bonds. The number of rotatable bonds is 8. The first-order chi connectivity index (χ1) is 14.0. The molecular formula is C23H30N2O5. The zero-order valence-corrected chi connectivity index (χ0v) is 18.4. The average molecular weight is 415 g/mol. The van der Waals surface area contributed by atoms with E-state index in [0.29, 0.717) is 23.1 Å². The second-order valence-electron chi connectivity index (χ2n) is 8.31. The number of ether oxygens (including phenoxy) is 3. The molecule has 0 unspecified atom stereocenters. The number of carbonyl (C=O) groups excluding carboxylic acids is 2. The Bertz CT molecular complexity index is 857. The van der Waals surface area contributed by atoms with Crippen LogP contribution in [-0.2, 0) is 14.3 Å². The van der Waals surface area contributed by atoms with Gasteiger partial charge in [0.05, 0.1) is 24.4 Å². The van der Waals surface area contributed by atoms with Gasteiger partial charge in [0.1, 0.15) is 17.1 Å². The Morgan fingerprint density at radius 2 is 1.77 bits per heavy atom. The van der Waals surface area contributed by atoms with Crippen LogP contribution in [0.15, 0.2) is 42.6 Å². The number of nitrogens with one attached hydrogen (secondary N) is 1. The maximum absolute atomic E-state index is 12.3. The number of esters is 1. The molecule has 0 aliphatic carbocycles. The Hall–Kier alpha value is -3.09. The van der Waals surface area contributed by atoms with Gasteiger partial charge in [-0.05, 0) is 52.8 Å². The Labute approximate surface area is 177 Å². The lowest BCUT2D eigenvalue weighted by Gasteiger charge is -2.20. The predicted molar refractivity (Wildman–Crippen MR) is 115 cm³/mol. The minimum atomic E-state index is -0.576. The number of anilines is 1. The third kappa shape index (κ3) is 8.11. The lowest BCUT2D eigenvalue weighted by Crippen LogP contribution is -2.28. The number of hydrogen-bond acceptors (Lipinski definition) is 6. The summed E-state index contributed by atoms with van der Waals surface area (Å²) in [5, 5.41) is 2.75. The van der Waals surface area contributed by atoms with E-state index in [2.05, 4.69) is 10.3 Å². The highest BCUT2D eigenvalue weighted by atomic mass is 16.6. The molecule has 162 valence electrons. The monoisotopic (exact) mass is 414 g/mol. The molecule has 0 bridgehead atoms. The smallest absolute Gasteiger partial charge is 0.307 e. The van der Waals surface area contributed by atoms with Crippen molar-refractivity contribution < 1.29 is 23.8 Å². The number of benzene rings is 1. The zero-order chi connectivity index (χ0) is 22.3. The summed E-state index contributed by atoms with van der Waals surface area (Å²) in [6.45, 7) is 11.0. The lowest BCUT2D eigenvalue weighted by atomic mass is 10.1. The third-order valence-electron chi connectivity index (χ3n) is 3.74. The van der Waals surface area contributed by atoms with Crippen LogP contribution in [0.25, 0.3) is 0 Å². The number of hydrogen-bond donors (Lipinski definition) is 1. The van der Waals surface area contributed by atoms with Crippen LogP contribution in [0.5, 0.6) is 17.4 Å². The molecule has 1 N–H and O–H groups in total. The molecule has 2 rings (SSSR count). The van der Waals surface area contributed by atoms with Crippen molar-refractivity contribution in [3.63, 3.8) is 0 Å². The Morgan fingerprint density at radius 3 is 2.37 bits per heavy atom. The highest BCUT2D eigenvalue weighted by molar-refractivity contribution is 5.94. The van der Waals surface area contributed by atoms with E-state index in [0.717, 1.165) is 0 Å². The molecule has 2 aromatic rings. The van der Waals surface area contributed by atoms with Gasteiger partial charge in [-0.25, -0.2) is 4.98 Å². The number of pyridine rings is 1. The molecule has 1 aromatic carbocycles. The van der Waals surface area contributed by atoms with Crippen LogP contribution in [0.1, 0.15) is 48.0 Å². The topological polar surface area (TPSA) is 86.8 Å². The molecule has 1 heterocycles. The van der Waals surface area contributed by atoms with Gasteiger partial charge in [0.15, 0.2) is 0 Å². The fraction of sp³-hybridized carbons (Fsp3) is 0.435. The van der Waals surface area contributed by atoms with Gasteiger partial charge in [0.25, 0.3) is 0 Å². The van der Waals surface area contributed by atoms with Crippen LogP contribution in [0.2, 0.25) is 0 Å². The average Bonchev–Trinajstić information content (AvgIpc) is 2.61. The van der Waals surface area contributed by atoms with Gasteiger partial charge in [0.2, 0.25) is 11.8 Å². The minimum absolute atomic E-state index is 0.00646. The number of carbonyl (C=O) groups is 2. The van der Waals surface area contributed by atoms with E-state index < -0.39 is 17.5 Å². The summed E-state index contributed by atoms with van der Waals surface area (Å²) in [7, 11) is 0. The third-order valence-corrected chi connectivity index (χ3v) is 3.74. The van der Waals surface area contributed by atoms with Crippen molar-refractivity contribution in [3.8, 4) is 17.4 Å². The van der Waals surface area contributed by atoms with Gasteiger partial charge < -0.3 is 19.5 Å². The maximum Gasteiger partial charge on any atom is 0.307 e. The van der Waals surface area contributed by atoms with Gasteiger partial charge in [-0.15, -0.1) is 0 Å². The van der Waals surface area contributed by atoms with Crippen LogP contribution >= 0.6 is 0 Å².